The fraction of sp³-hybridized carbons (Fsp3) is 0.149. The fourth-order valence-corrected chi connectivity index (χ4v) is 17.5. The van der Waals surface area contributed by atoms with Crippen molar-refractivity contribution in [2.24, 2.45) is 0 Å². The molecule has 0 fully saturated rings. The topological polar surface area (TPSA) is 6.48 Å². The highest BCUT2D eigenvalue weighted by molar-refractivity contribution is 6.15. The summed E-state index contributed by atoms with van der Waals surface area (Å²) in [5, 5.41) is 12.6. The number of hydrogen-bond acceptors (Lipinski definition) is 2. The van der Waals surface area contributed by atoms with Gasteiger partial charge in [-0.15, -0.1) is 0 Å². The van der Waals surface area contributed by atoms with Crippen LogP contribution in [0.2, 0.25) is 0 Å². The van der Waals surface area contributed by atoms with E-state index < -0.39 is 0 Å². The lowest BCUT2D eigenvalue weighted by molar-refractivity contribution is 0.652. The summed E-state index contributed by atoms with van der Waals surface area (Å²) in [4.78, 5) is 5.01. The van der Waals surface area contributed by atoms with E-state index in [-0.39, 0.29) is 21.7 Å². The molecular formula is C94H78N2. The second-order valence-electron chi connectivity index (χ2n) is 28.7. The van der Waals surface area contributed by atoms with Crippen molar-refractivity contribution in [2.75, 3.05) is 9.80 Å². The third-order valence-electron chi connectivity index (χ3n) is 22.2. The van der Waals surface area contributed by atoms with Gasteiger partial charge in [0.25, 0.3) is 0 Å². The first-order chi connectivity index (χ1) is 46.7. The minimum absolute atomic E-state index is 0.0396. The van der Waals surface area contributed by atoms with E-state index in [0.717, 1.165) is 5.69 Å². The van der Waals surface area contributed by atoms with Crippen LogP contribution >= 0.6 is 0 Å². The zero-order valence-electron chi connectivity index (χ0n) is 56.6. The van der Waals surface area contributed by atoms with Crippen molar-refractivity contribution < 1.29 is 0 Å². The zero-order chi connectivity index (χ0) is 65.6. The Morgan fingerprint density at radius 3 is 0.906 bits per heavy atom. The van der Waals surface area contributed by atoms with E-state index in [4.69, 9.17) is 0 Å². The molecule has 4 aliphatic carbocycles. The van der Waals surface area contributed by atoms with Gasteiger partial charge < -0.3 is 9.80 Å². The maximum atomic E-state index is 2.54. The summed E-state index contributed by atoms with van der Waals surface area (Å²) < 4.78 is 0. The molecular weight excluding hydrogens is 1160 g/mol. The van der Waals surface area contributed by atoms with Gasteiger partial charge in [-0.25, -0.2) is 0 Å². The first-order valence-electron chi connectivity index (χ1n) is 34.5. The molecule has 96 heavy (non-hydrogen) atoms. The molecule has 0 aromatic heterocycles. The summed E-state index contributed by atoms with van der Waals surface area (Å²) in [6.07, 6.45) is 0. The number of para-hydroxylation sites is 1. The Bertz CT molecular complexity index is 5600. The third-order valence-corrected chi connectivity index (χ3v) is 22.2. The van der Waals surface area contributed by atoms with Gasteiger partial charge in [0.05, 0.1) is 28.4 Å². The Labute approximate surface area is 565 Å². The van der Waals surface area contributed by atoms with Crippen LogP contribution in [0.5, 0.6) is 0 Å². The lowest BCUT2D eigenvalue weighted by atomic mass is 9.79. The number of rotatable bonds is 6. The van der Waals surface area contributed by atoms with Crippen LogP contribution in [0.25, 0.3) is 98.4 Å². The quantitative estimate of drug-likeness (QED) is 0.164. The maximum Gasteiger partial charge on any atom is 0.0544 e. The number of fused-ring (bicyclic) bond motifs is 19. The Balaban J connectivity index is 0.000000142. The lowest BCUT2D eigenvalue weighted by Crippen LogP contribution is -2.18. The fourth-order valence-electron chi connectivity index (χ4n) is 17.5. The Hall–Kier alpha value is -10.8. The van der Waals surface area contributed by atoms with Crippen LogP contribution in [0.15, 0.2) is 291 Å². The van der Waals surface area contributed by atoms with E-state index in [9.17, 15) is 0 Å². The normalized spacial score (nSPS) is 14.7. The highest BCUT2D eigenvalue weighted by atomic mass is 15.2. The molecule has 0 radical (unpaired) electrons. The summed E-state index contributed by atoms with van der Waals surface area (Å²) in [6.45, 7) is 23.2. The minimum atomic E-state index is -0.191. The highest BCUT2D eigenvalue weighted by Gasteiger charge is 2.45. The van der Waals surface area contributed by atoms with Gasteiger partial charge >= 0.3 is 0 Å². The number of benzene rings is 15. The van der Waals surface area contributed by atoms with Crippen molar-refractivity contribution in [3.63, 3.8) is 0 Å². The largest absolute Gasteiger partial charge is 0.309 e. The smallest absolute Gasteiger partial charge is 0.0544 e. The van der Waals surface area contributed by atoms with Crippen molar-refractivity contribution in [1.29, 1.82) is 0 Å². The highest BCUT2D eigenvalue weighted by Crippen LogP contribution is 2.62. The lowest BCUT2D eigenvalue weighted by Gasteiger charge is -2.31. The Morgan fingerprint density at radius 2 is 0.490 bits per heavy atom. The van der Waals surface area contributed by atoms with Crippen LogP contribution in [0.3, 0.4) is 0 Å². The summed E-state index contributed by atoms with van der Waals surface area (Å²) in [5.41, 5.74) is 29.1. The van der Waals surface area contributed by atoms with Crippen LogP contribution in [-0.2, 0) is 21.7 Å². The standard InChI is InChI=1S/C48H37N.C44H35N.C2H6/c1-47(2)39-24-12-11-21-34(39)37-27-41-38(28-40(37)47)46-36-23-10-9-22-35(36)45(29-42(46)48(41,3)4)49(43-25-13-17-30-15-5-7-19-32(30)43)44-26-14-18-31-16-6-8-20-33(31)44;1-43(2)36-23-13-12-20-31(36)34-25-38-35(26-37(34)43)42-33-22-11-10-21-32(33)41(27-39(42)44(38,3)4)45(29-17-6-5-7-18-29)40-24-14-16-28-15-8-9-19-30(28)40;1-2/h5-29H,1-4H3;5-27H,1-4H3;1-2H3. The van der Waals surface area contributed by atoms with Crippen LogP contribution in [0.4, 0.5) is 34.1 Å². The van der Waals surface area contributed by atoms with Gasteiger partial charge in [-0.2, -0.15) is 0 Å². The van der Waals surface area contributed by atoms with Crippen LogP contribution in [0.1, 0.15) is 114 Å². The summed E-state index contributed by atoms with van der Waals surface area (Å²) in [5.74, 6) is 0. The molecule has 0 N–H and O–H groups in total. The van der Waals surface area contributed by atoms with Crippen molar-refractivity contribution in [2.45, 2.75) is 90.9 Å². The zero-order valence-corrected chi connectivity index (χ0v) is 56.6. The van der Waals surface area contributed by atoms with E-state index in [1.807, 2.05) is 13.8 Å². The monoisotopic (exact) mass is 1230 g/mol. The van der Waals surface area contributed by atoms with E-state index in [2.05, 4.69) is 356 Å². The van der Waals surface area contributed by atoms with Crippen LogP contribution < -0.4 is 9.80 Å². The number of anilines is 6. The second kappa shape index (κ2) is 21.9. The molecule has 0 unspecified atom stereocenters. The predicted octanol–water partition coefficient (Wildman–Crippen LogP) is 26.3. The van der Waals surface area contributed by atoms with Crippen molar-refractivity contribution >= 4 is 88.0 Å². The second-order valence-corrected chi connectivity index (χ2v) is 28.7. The molecule has 0 heterocycles. The average Bonchev–Trinajstić information content (AvgIpc) is 1.52. The number of hydrogen-bond donors (Lipinski definition) is 0. The molecule has 0 bridgehead atoms. The predicted molar refractivity (Wildman–Crippen MR) is 411 cm³/mol. The molecule has 0 spiro atoms. The van der Waals surface area contributed by atoms with E-state index >= 15 is 0 Å². The summed E-state index contributed by atoms with van der Waals surface area (Å²) >= 11 is 0. The molecule has 15 aromatic carbocycles. The van der Waals surface area contributed by atoms with Gasteiger partial charge in [0.2, 0.25) is 0 Å². The molecule has 0 aliphatic heterocycles. The van der Waals surface area contributed by atoms with Gasteiger partial charge in [-0.1, -0.05) is 294 Å². The van der Waals surface area contributed by atoms with Gasteiger partial charge in [-0.3, -0.25) is 0 Å². The van der Waals surface area contributed by atoms with Crippen molar-refractivity contribution in [3.05, 3.63) is 336 Å². The molecule has 2 nitrogen and oxygen atoms in total. The van der Waals surface area contributed by atoms with Gasteiger partial charge in [-0.05, 0) is 183 Å². The molecule has 4 aliphatic rings. The molecule has 0 saturated heterocycles. The summed E-state index contributed by atoms with van der Waals surface area (Å²) in [6, 6.07) is 108. The van der Waals surface area contributed by atoms with Gasteiger partial charge in [0.1, 0.15) is 0 Å². The molecule has 2 heteroatoms. The molecule has 0 saturated carbocycles. The Morgan fingerprint density at radius 1 is 0.198 bits per heavy atom. The van der Waals surface area contributed by atoms with Crippen molar-refractivity contribution in [1.82, 2.24) is 0 Å². The molecule has 464 valence electrons. The molecule has 0 atom stereocenters. The van der Waals surface area contributed by atoms with E-state index in [1.54, 1.807) is 0 Å². The van der Waals surface area contributed by atoms with Crippen LogP contribution in [0, 0.1) is 0 Å². The number of nitrogens with zero attached hydrogens (tertiary/aromatic N) is 2. The molecule has 0 amide bonds. The maximum absolute atomic E-state index is 2.54. The molecule has 15 aromatic rings. The Kier molecular flexibility index (Phi) is 13.4. The first-order valence-corrected chi connectivity index (χ1v) is 34.5. The first kappa shape index (κ1) is 59.0. The van der Waals surface area contributed by atoms with Crippen LogP contribution in [-0.4, -0.2) is 0 Å². The van der Waals surface area contributed by atoms with E-state index in [1.165, 1.54) is 171 Å². The molecule has 19 rings (SSSR count). The van der Waals surface area contributed by atoms with Crippen molar-refractivity contribution in [3.8, 4) is 44.5 Å². The summed E-state index contributed by atoms with van der Waals surface area (Å²) in [7, 11) is 0. The van der Waals surface area contributed by atoms with E-state index in [0.29, 0.717) is 0 Å². The average molecular weight is 1240 g/mol. The van der Waals surface area contributed by atoms with Gasteiger partial charge in [0, 0.05) is 54.3 Å². The third kappa shape index (κ3) is 8.56. The van der Waals surface area contributed by atoms with Gasteiger partial charge in [0.15, 0.2) is 0 Å². The minimum Gasteiger partial charge on any atom is -0.309 e. The SMILES string of the molecule is CC.CC1(C)c2ccccc2-c2cc3c(cc21)-c1c(cc(N(c2cccc4ccccc24)c2cccc4ccccc24)c2ccccc12)C3(C)C.CC1(C)c2ccccc2-c2cc3c(cc21)-c1c(cc(N(c2ccccc2)c2cccc4ccccc24)c2ccccc12)C3(C)C.